The van der Waals surface area contributed by atoms with Crippen molar-refractivity contribution in [2.45, 2.75) is 111 Å². The summed E-state index contributed by atoms with van der Waals surface area (Å²) in [5, 5.41) is 0. The van der Waals surface area contributed by atoms with E-state index in [-0.39, 0.29) is 53.9 Å². The first kappa shape index (κ1) is 27.0. The highest BCUT2D eigenvalue weighted by Gasteiger charge is 2.53. The molecule has 6 heteroatoms. The molecule has 0 N–H and O–H groups in total. The number of cyclic esters (lactones) is 1. The number of epoxide rings is 1. The van der Waals surface area contributed by atoms with Gasteiger partial charge in [-0.3, -0.25) is 9.59 Å². The van der Waals surface area contributed by atoms with Crippen LogP contribution in [0.5, 0.6) is 0 Å². The predicted octanol–water partition coefficient (Wildman–Crippen LogP) is 4.88. The number of rotatable bonds is 3. The molecule has 0 aliphatic carbocycles. The fourth-order valence-corrected chi connectivity index (χ4v) is 5.27. The van der Waals surface area contributed by atoms with Crippen molar-refractivity contribution < 1.29 is 28.5 Å². The van der Waals surface area contributed by atoms with Crippen molar-refractivity contribution in [2.24, 2.45) is 17.3 Å². The molecule has 0 saturated carbocycles. The Morgan fingerprint density at radius 1 is 1.12 bits per heavy atom. The van der Waals surface area contributed by atoms with Gasteiger partial charge in [0.05, 0.1) is 35.7 Å². The molecule has 2 aliphatic heterocycles. The number of allylic oxidation sites excluding steroid dienone is 1. The first-order chi connectivity index (χ1) is 14.9. The number of carbonyl (C=O) groups excluding carboxylic acids is 2. The van der Waals surface area contributed by atoms with Gasteiger partial charge in [0.15, 0.2) is 0 Å². The van der Waals surface area contributed by atoms with Crippen molar-refractivity contribution in [3.63, 3.8) is 0 Å². The summed E-state index contributed by atoms with van der Waals surface area (Å²) in [6, 6.07) is 0. The SMILES string of the molecule is C/C=C(\C)C1CC2OC2(C)CCCC(C)C(OC)C(C)C(=O)C(C)(C)C(OC)CC(=O)O1. The van der Waals surface area contributed by atoms with Gasteiger partial charge in [-0.15, -0.1) is 0 Å². The van der Waals surface area contributed by atoms with Crippen LogP contribution in [0.2, 0.25) is 0 Å². The number of esters is 1. The fraction of sp³-hybridized carbons (Fsp3) is 0.846. The van der Waals surface area contributed by atoms with Crippen molar-refractivity contribution in [2.75, 3.05) is 14.2 Å². The molecule has 6 nitrogen and oxygen atoms in total. The number of ketones is 1. The summed E-state index contributed by atoms with van der Waals surface area (Å²) in [7, 11) is 3.22. The molecule has 2 aliphatic rings. The lowest BCUT2D eigenvalue weighted by Crippen LogP contribution is -2.47. The van der Waals surface area contributed by atoms with Gasteiger partial charge in [-0.1, -0.05) is 40.2 Å². The maximum Gasteiger partial charge on any atom is 0.309 e. The van der Waals surface area contributed by atoms with Gasteiger partial charge in [-0.2, -0.15) is 0 Å². The number of hydrogen-bond donors (Lipinski definition) is 0. The zero-order valence-corrected chi connectivity index (χ0v) is 21.5. The Balaban J connectivity index is 2.34. The van der Waals surface area contributed by atoms with Gasteiger partial charge in [-0.25, -0.2) is 0 Å². The largest absolute Gasteiger partial charge is 0.458 e. The lowest BCUT2D eigenvalue weighted by molar-refractivity contribution is -0.156. The highest BCUT2D eigenvalue weighted by atomic mass is 16.6. The maximum atomic E-state index is 13.5. The van der Waals surface area contributed by atoms with Crippen LogP contribution in [0.4, 0.5) is 0 Å². The van der Waals surface area contributed by atoms with Crippen molar-refractivity contribution >= 4 is 11.8 Å². The van der Waals surface area contributed by atoms with Crippen molar-refractivity contribution in [3.05, 3.63) is 11.6 Å². The molecule has 2 fully saturated rings. The number of hydrogen-bond acceptors (Lipinski definition) is 6. The third kappa shape index (κ3) is 6.00. The molecule has 0 aromatic heterocycles. The summed E-state index contributed by atoms with van der Waals surface area (Å²) in [6.45, 7) is 13.8. The zero-order chi connectivity index (χ0) is 24.3. The molecule has 0 aromatic carbocycles. The molecule has 2 heterocycles. The minimum Gasteiger partial charge on any atom is -0.458 e. The van der Waals surface area contributed by atoms with Crippen molar-refractivity contribution in [1.29, 1.82) is 0 Å². The highest BCUT2D eigenvalue weighted by molar-refractivity contribution is 5.88. The van der Waals surface area contributed by atoms with E-state index < -0.39 is 11.5 Å². The number of carbonyl (C=O) groups is 2. The molecule has 2 saturated heterocycles. The van der Waals surface area contributed by atoms with Crippen LogP contribution in [-0.2, 0) is 28.5 Å². The van der Waals surface area contributed by atoms with Crippen LogP contribution in [0.25, 0.3) is 0 Å². The average Bonchev–Trinajstić information content (AvgIpc) is 3.38. The smallest absolute Gasteiger partial charge is 0.309 e. The Hall–Kier alpha value is -1.24. The molecule has 7 unspecified atom stereocenters. The molecular formula is C26H44O6. The number of fused-ring (bicyclic) bond motifs is 1. The highest BCUT2D eigenvalue weighted by Crippen LogP contribution is 2.45. The molecule has 7 atom stereocenters. The van der Waals surface area contributed by atoms with Crippen LogP contribution in [0, 0.1) is 17.3 Å². The Bertz CT molecular complexity index is 698. The number of ether oxygens (including phenoxy) is 4. The Labute approximate surface area is 194 Å². The predicted molar refractivity (Wildman–Crippen MR) is 124 cm³/mol. The first-order valence-electron chi connectivity index (χ1n) is 12.0. The van der Waals surface area contributed by atoms with Gasteiger partial charge in [-0.05, 0) is 45.1 Å². The van der Waals surface area contributed by atoms with E-state index >= 15 is 0 Å². The average molecular weight is 453 g/mol. The summed E-state index contributed by atoms with van der Waals surface area (Å²) in [5.41, 5.74) is -0.0348. The molecule has 0 amide bonds. The Kier molecular flexibility index (Phi) is 9.11. The van der Waals surface area contributed by atoms with E-state index in [2.05, 4.69) is 13.8 Å². The lowest BCUT2D eigenvalue weighted by atomic mass is 9.72. The molecule has 184 valence electrons. The minimum atomic E-state index is -0.857. The number of methoxy groups -OCH3 is 2. The van der Waals surface area contributed by atoms with E-state index in [9.17, 15) is 9.59 Å². The van der Waals surface area contributed by atoms with Crippen LogP contribution in [0.3, 0.4) is 0 Å². The van der Waals surface area contributed by atoms with Gasteiger partial charge in [0.1, 0.15) is 11.9 Å². The van der Waals surface area contributed by atoms with Gasteiger partial charge >= 0.3 is 5.97 Å². The molecule has 32 heavy (non-hydrogen) atoms. The summed E-state index contributed by atoms with van der Waals surface area (Å²) in [5.74, 6) is -0.401. The van der Waals surface area contributed by atoms with Crippen LogP contribution in [0.15, 0.2) is 11.6 Å². The quantitative estimate of drug-likeness (QED) is 0.345. The summed E-state index contributed by atoms with van der Waals surface area (Å²) in [4.78, 5) is 26.5. The van der Waals surface area contributed by atoms with E-state index in [1.807, 2.05) is 40.7 Å². The summed E-state index contributed by atoms with van der Waals surface area (Å²) < 4.78 is 23.4. The molecular weight excluding hydrogens is 408 g/mol. The Morgan fingerprint density at radius 3 is 2.34 bits per heavy atom. The topological polar surface area (TPSA) is 74.4 Å². The third-order valence-electron chi connectivity index (χ3n) is 7.85. The van der Waals surface area contributed by atoms with Crippen LogP contribution in [-0.4, -0.2) is 56.0 Å². The Morgan fingerprint density at radius 2 is 1.78 bits per heavy atom. The van der Waals surface area contributed by atoms with Crippen LogP contribution in [0.1, 0.15) is 80.6 Å². The summed E-state index contributed by atoms with van der Waals surface area (Å²) >= 11 is 0. The van der Waals surface area contributed by atoms with Gasteiger partial charge in [0.25, 0.3) is 0 Å². The zero-order valence-electron chi connectivity index (χ0n) is 21.5. The minimum absolute atomic E-state index is 0.0193. The van der Waals surface area contributed by atoms with E-state index in [1.165, 1.54) is 0 Å². The van der Waals surface area contributed by atoms with E-state index in [1.54, 1.807) is 14.2 Å². The van der Waals surface area contributed by atoms with Crippen LogP contribution >= 0.6 is 0 Å². The molecule has 0 radical (unpaired) electrons. The van der Waals surface area contributed by atoms with E-state index in [0.717, 1.165) is 24.8 Å². The van der Waals surface area contributed by atoms with Gasteiger partial charge < -0.3 is 18.9 Å². The molecule has 0 spiro atoms. The molecule has 0 bridgehead atoms. The standard InChI is InChI=1S/C26H44O6/c1-10-16(2)19-14-21-26(7,32-21)13-11-12-17(3)23(30-9)18(4)24(28)25(5,6)20(29-8)15-22(27)31-19/h10,17-21,23H,11-15H2,1-9H3/b16-10+. The first-order valence-corrected chi connectivity index (χ1v) is 12.0. The van der Waals surface area contributed by atoms with Gasteiger partial charge in [0.2, 0.25) is 0 Å². The monoisotopic (exact) mass is 452 g/mol. The maximum absolute atomic E-state index is 13.5. The van der Waals surface area contributed by atoms with Crippen LogP contribution < -0.4 is 0 Å². The van der Waals surface area contributed by atoms with E-state index in [4.69, 9.17) is 18.9 Å². The second kappa shape index (κ2) is 10.8. The second-order valence-corrected chi connectivity index (χ2v) is 10.5. The van der Waals surface area contributed by atoms with E-state index in [0.29, 0.717) is 6.42 Å². The summed E-state index contributed by atoms with van der Waals surface area (Å²) in [6.07, 6.45) is 4.50. The fourth-order valence-electron chi connectivity index (χ4n) is 5.27. The third-order valence-corrected chi connectivity index (χ3v) is 7.85. The van der Waals surface area contributed by atoms with Crippen molar-refractivity contribution in [1.82, 2.24) is 0 Å². The van der Waals surface area contributed by atoms with Gasteiger partial charge in [0, 0.05) is 26.6 Å². The van der Waals surface area contributed by atoms with Crippen molar-refractivity contribution in [3.8, 4) is 0 Å². The molecule has 0 aromatic rings. The second-order valence-electron chi connectivity index (χ2n) is 10.5. The number of Topliss-reactive ketones (excluding diaryl/α,β-unsaturated/α-hetero) is 1. The molecule has 2 rings (SSSR count). The normalized spacial score (nSPS) is 39.8. The lowest BCUT2D eigenvalue weighted by Gasteiger charge is -2.37.